The predicted octanol–water partition coefficient (Wildman–Crippen LogP) is 7.02. The van der Waals surface area contributed by atoms with E-state index in [4.69, 9.17) is 28.4 Å². The van der Waals surface area contributed by atoms with Crippen LogP contribution in [0.5, 0.6) is 34.5 Å². The summed E-state index contributed by atoms with van der Waals surface area (Å²) in [5.74, 6) is 6.26. The van der Waals surface area contributed by atoms with Gasteiger partial charge in [-0.25, -0.2) is 15.0 Å². The average molecular weight is 880 g/mol. The maximum Gasteiger partial charge on any atom is 0.245 e. The van der Waals surface area contributed by atoms with Crippen molar-refractivity contribution in [2.24, 2.45) is 0 Å². The highest BCUT2D eigenvalue weighted by atomic mass is 16.7. The Labute approximate surface area is 379 Å². The molecule has 2 unspecified atom stereocenters. The smallest absolute Gasteiger partial charge is 0.245 e. The SMILES string of the molecule is O=C1N(CCN(c2ccccn2)c2ccccn2)c2ccccc2C12COc1cc3c(cc12)OCO3.O=C1N(CCNc2ccccn2)c2ccccc2C12COc1cc3c(cc12)OCO3. The highest BCUT2D eigenvalue weighted by Crippen LogP contribution is 2.56. The minimum Gasteiger partial charge on any atom is -0.491 e. The van der Waals surface area contributed by atoms with Gasteiger partial charge in [-0.3, -0.25) is 9.59 Å². The molecular formula is C51H41N7O8. The fourth-order valence-electron chi connectivity index (χ4n) is 9.91. The van der Waals surface area contributed by atoms with Crippen LogP contribution in [-0.2, 0) is 20.4 Å². The van der Waals surface area contributed by atoms with E-state index in [1.165, 1.54) is 0 Å². The maximum absolute atomic E-state index is 14.3. The van der Waals surface area contributed by atoms with Crippen LogP contribution in [0, 0.1) is 0 Å². The minimum absolute atomic E-state index is 0.0108. The number of ether oxygens (including phenoxy) is 6. The second kappa shape index (κ2) is 15.7. The number of nitrogens with zero attached hydrogens (tertiary/aromatic N) is 6. The molecular weight excluding hydrogens is 839 g/mol. The van der Waals surface area contributed by atoms with Gasteiger partial charge in [0, 0.05) is 79.4 Å². The van der Waals surface area contributed by atoms with Gasteiger partial charge in [-0.2, -0.15) is 0 Å². The summed E-state index contributed by atoms with van der Waals surface area (Å²) in [6, 6.07) is 40.6. The van der Waals surface area contributed by atoms with Crippen LogP contribution in [0.3, 0.4) is 0 Å². The third-order valence-electron chi connectivity index (χ3n) is 13.0. The number of aromatic nitrogens is 3. The van der Waals surface area contributed by atoms with Gasteiger partial charge in [0.25, 0.3) is 0 Å². The molecule has 15 heteroatoms. The molecule has 9 heterocycles. The van der Waals surface area contributed by atoms with Gasteiger partial charge >= 0.3 is 0 Å². The zero-order valence-electron chi connectivity index (χ0n) is 35.5. The summed E-state index contributed by atoms with van der Waals surface area (Å²) in [6.45, 7) is 2.92. The first-order chi connectivity index (χ1) is 32.5. The second-order valence-electron chi connectivity index (χ2n) is 16.4. The fourth-order valence-corrected chi connectivity index (χ4v) is 9.91. The number of carbonyl (C=O) groups is 2. The number of anilines is 5. The molecule has 0 saturated carbocycles. The molecule has 328 valence electrons. The van der Waals surface area contributed by atoms with Crippen LogP contribution < -0.4 is 48.4 Å². The monoisotopic (exact) mass is 879 g/mol. The Bertz CT molecular complexity index is 2980. The van der Waals surface area contributed by atoms with Crippen molar-refractivity contribution in [3.05, 3.63) is 168 Å². The molecule has 13 rings (SSSR count). The first-order valence-corrected chi connectivity index (χ1v) is 21.7. The number of rotatable bonds is 9. The van der Waals surface area contributed by atoms with E-state index in [0.717, 1.165) is 51.1 Å². The molecule has 2 atom stereocenters. The van der Waals surface area contributed by atoms with Crippen LogP contribution >= 0.6 is 0 Å². The number of nitrogens with one attached hydrogen (secondary N) is 1. The highest BCUT2D eigenvalue weighted by molar-refractivity contribution is 6.12. The number of benzene rings is 4. The molecule has 6 aliphatic heterocycles. The lowest BCUT2D eigenvalue weighted by atomic mass is 9.77. The van der Waals surface area contributed by atoms with Gasteiger partial charge in [-0.05, 0) is 71.8 Å². The van der Waals surface area contributed by atoms with Gasteiger partial charge in [0.2, 0.25) is 25.4 Å². The number of hydrogen-bond acceptors (Lipinski definition) is 13. The average Bonchev–Trinajstić information content (AvgIpc) is 4.24. The lowest BCUT2D eigenvalue weighted by Gasteiger charge is -2.27. The van der Waals surface area contributed by atoms with Crippen molar-refractivity contribution in [3.63, 3.8) is 0 Å². The van der Waals surface area contributed by atoms with E-state index >= 15 is 0 Å². The third-order valence-corrected chi connectivity index (χ3v) is 13.0. The highest BCUT2D eigenvalue weighted by Gasteiger charge is 2.58. The summed E-state index contributed by atoms with van der Waals surface area (Å²) in [6.07, 6.45) is 5.26. The molecule has 7 aromatic rings. The number of para-hydroxylation sites is 2. The minimum atomic E-state index is -0.923. The summed E-state index contributed by atoms with van der Waals surface area (Å²) < 4.78 is 34.3. The zero-order chi connectivity index (χ0) is 44.2. The first kappa shape index (κ1) is 39.3. The summed E-state index contributed by atoms with van der Waals surface area (Å²) in [7, 11) is 0. The normalized spacial score (nSPS) is 19.5. The largest absolute Gasteiger partial charge is 0.491 e. The van der Waals surface area contributed by atoms with E-state index < -0.39 is 10.8 Å². The number of pyridine rings is 3. The fraction of sp³-hybridized carbons (Fsp3) is 0.196. The summed E-state index contributed by atoms with van der Waals surface area (Å²) >= 11 is 0. The van der Waals surface area contributed by atoms with E-state index in [9.17, 15) is 9.59 Å². The van der Waals surface area contributed by atoms with Crippen molar-refractivity contribution in [2.45, 2.75) is 10.8 Å². The van der Waals surface area contributed by atoms with Crippen molar-refractivity contribution in [1.82, 2.24) is 15.0 Å². The Morgan fingerprint density at radius 1 is 0.500 bits per heavy atom. The molecule has 0 bridgehead atoms. The molecule has 3 aromatic heterocycles. The lowest BCUT2D eigenvalue weighted by Crippen LogP contribution is -2.44. The predicted molar refractivity (Wildman–Crippen MR) is 243 cm³/mol. The van der Waals surface area contributed by atoms with Crippen molar-refractivity contribution >= 4 is 40.6 Å². The quantitative estimate of drug-likeness (QED) is 0.159. The molecule has 0 fully saturated rings. The van der Waals surface area contributed by atoms with Crippen molar-refractivity contribution in [1.29, 1.82) is 0 Å². The maximum atomic E-state index is 14.3. The molecule has 4 aromatic carbocycles. The Kier molecular flexibility index (Phi) is 9.36. The molecule has 15 nitrogen and oxygen atoms in total. The van der Waals surface area contributed by atoms with Crippen LogP contribution in [-0.4, -0.2) is 79.7 Å². The van der Waals surface area contributed by atoms with Crippen LogP contribution in [0.15, 0.2) is 146 Å². The van der Waals surface area contributed by atoms with E-state index in [1.807, 2.05) is 142 Å². The van der Waals surface area contributed by atoms with E-state index in [-0.39, 0.29) is 38.6 Å². The van der Waals surface area contributed by atoms with Crippen molar-refractivity contribution in [2.75, 3.05) is 73.0 Å². The summed E-state index contributed by atoms with van der Waals surface area (Å²) in [5.41, 5.74) is 3.58. The van der Waals surface area contributed by atoms with Gasteiger partial charge in [-0.15, -0.1) is 0 Å². The topological polar surface area (TPSA) is 150 Å². The van der Waals surface area contributed by atoms with E-state index in [1.54, 1.807) is 18.6 Å². The van der Waals surface area contributed by atoms with Crippen LogP contribution in [0.25, 0.3) is 0 Å². The Morgan fingerprint density at radius 3 is 1.47 bits per heavy atom. The number of amides is 2. The molecule has 66 heavy (non-hydrogen) atoms. The molecule has 2 spiro atoms. The lowest BCUT2D eigenvalue weighted by molar-refractivity contribution is -0.122. The second-order valence-corrected chi connectivity index (χ2v) is 16.4. The summed E-state index contributed by atoms with van der Waals surface area (Å²) in [5, 5.41) is 3.28. The molecule has 6 aliphatic rings. The van der Waals surface area contributed by atoms with E-state index in [0.29, 0.717) is 60.7 Å². The van der Waals surface area contributed by atoms with Crippen molar-refractivity contribution < 1.29 is 38.0 Å². The standard InChI is InChI=1S/C28H22N4O4.C23H19N3O4/c33-27-28(17-34-22-16-24-23(15-20(22)28)35-18-36-24)19-7-1-2-8-21(19)31(27)13-14-32(25-9-3-5-11-29-25)26-10-4-6-12-30-26;27-22-23(13-28-18-12-20-19(11-16(18)23)29-14-30-20)15-5-1-2-6-17(15)26(22)10-9-25-21-7-3-4-8-24-21/h1-12,15-16H,13-14,17-18H2;1-8,11-12H,9-10,13-14H2,(H,24,25). The number of fused-ring (bicyclic) bond motifs is 10. The van der Waals surface area contributed by atoms with Crippen molar-refractivity contribution in [3.8, 4) is 34.5 Å². The number of hydrogen-bond donors (Lipinski definition) is 1. The first-order valence-electron chi connectivity index (χ1n) is 21.7. The Morgan fingerprint density at radius 2 is 0.970 bits per heavy atom. The van der Waals surface area contributed by atoms with Crippen LogP contribution in [0.2, 0.25) is 0 Å². The molecule has 1 N–H and O–H groups in total. The van der Waals surface area contributed by atoms with Gasteiger partial charge in [0.15, 0.2) is 23.0 Å². The molecule has 2 amide bonds. The number of carbonyl (C=O) groups excluding carboxylic acids is 2. The Hall–Kier alpha value is -8.33. The van der Waals surface area contributed by atoms with Crippen LogP contribution in [0.1, 0.15) is 22.3 Å². The van der Waals surface area contributed by atoms with Gasteiger partial charge in [-0.1, -0.05) is 54.6 Å². The molecule has 0 radical (unpaired) electrons. The molecule has 0 aliphatic carbocycles. The van der Waals surface area contributed by atoms with Gasteiger partial charge < -0.3 is 48.4 Å². The zero-order valence-corrected chi connectivity index (χ0v) is 35.5. The van der Waals surface area contributed by atoms with Gasteiger partial charge in [0.05, 0.1) is 0 Å². The van der Waals surface area contributed by atoms with Gasteiger partial charge in [0.1, 0.15) is 53.0 Å². The van der Waals surface area contributed by atoms with Crippen LogP contribution in [0.4, 0.5) is 28.8 Å². The Balaban J connectivity index is 0.000000141. The summed E-state index contributed by atoms with van der Waals surface area (Å²) in [4.78, 5) is 47.2. The molecule has 0 saturated heterocycles. The van der Waals surface area contributed by atoms with E-state index in [2.05, 4.69) is 20.3 Å². The third kappa shape index (κ3) is 6.14.